The molecule has 0 spiro atoms. The number of hydrogen-bond donors (Lipinski definition) is 1. The van der Waals surface area contributed by atoms with Crippen molar-refractivity contribution in [1.29, 1.82) is 5.26 Å². The minimum atomic E-state index is -0.584. The van der Waals surface area contributed by atoms with E-state index in [2.05, 4.69) is 22.0 Å². The van der Waals surface area contributed by atoms with Gasteiger partial charge >= 0.3 is 5.97 Å². The van der Waals surface area contributed by atoms with Gasteiger partial charge in [-0.15, -0.1) is 0 Å². The Hall–Kier alpha value is -3.47. The molecule has 8 heteroatoms. The van der Waals surface area contributed by atoms with Crippen LogP contribution in [0.25, 0.3) is 0 Å². The number of nitrogens with two attached hydrogens (primary N) is 1. The van der Waals surface area contributed by atoms with Crippen LogP contribution in [0.3, 0.4) is 0 Å². The number of esters is 1. The average molecular weight is 512 g/mol. The quantitative estimate of drug-likeness (QED) is 0.369. The van der Waals surface area contributed by atoms with Gasteiger partial charge in [0.15, 0.2) is 6.61 Å². The predicted molar refractivity (Wildman–Crippen MR) is 122 cm³/mol. The number of rotatable bonds is 5. The number of hydrogen-bond acceptors (Lipinski definition) is 6. The van der Waals surface area contributed by atoms with E-state index in [1.54, 1.807) is 42.5 Å². The summed E-state index contributed by atoms with van der Waals surface area (Å²) in [4.78, 5) is 12.2. The van der Waals surface area contributed by atoms with Crippen molar-refractivity contribution in [3.05, 3.63) is 98.8 Å². The SMILES string of the molecule is N#CC1=C(N)Oc2cc(OC(=O)COc3ccc(Cl)cc3)ccc2C1c1ccccc1Br. The molecule has 4 rings (SSSR count). The molecule has 1 heterocycles. The minimum Gasteiger partial charge on any atom is -0.482 e. The fourth-order valence-electron chi connectivity index (χ4n) is 3.36. The smallest absolute Gasteiger partial charge is 0.349 e. The number of nitrogens with zero attached hydrogens (tertiary/aromatic N) is 1. The highest BCUT2D eigenvalue weighted by Crippen LogP contribution is 2.45. The maximum Gasteiger partial charge on any atom is 0.349 e. The second-order valence-corrected chi connectivity index (χ2v) is 8.15. The summed E-state index contributed by atoms with van der Waals surface area (Å²) in [6.45, 7) is -0.278. The molecular weight excluding hydrogens is 496 g/mol. The molecule has 1 aliphatic heterocycles. The Morgan fingerprint density at radius 1 is 1.09 bits per heavy atom. The van der Waals surface area contributed by atoms with Crippen molar-refractivity contribution in [2.45, 2.75) is 5.92 Å². The lowest BCUT2D eigenvalue weighted by Gasteiger charge is -2.27. The molecule has 160 valence electrons. The van der Waals surface area contributed by atoms with Crippen molar-refractivity contribution in [3.8, 4) is 23.3 Å². The molecule has 0 aliphatic carbocycles. The van der Waals surface area contributed by atoms with E-state index in [-0.39, 0.29) is 18.2 Å². The number of carbonyl (C=O) groups is 1. The number of benzene rings is 3. The Labute approximate surface area is 197 Å². The van der Waals surface area contributed by atoms with E-state index in [4.69, 9.17) is 31.5 Å². The Bertz CT molecular complexity index is 1250. The topological polar surface area (TPSA) is 94.6 Å². The first kappa shape index (κ1) is 21.8. The van der Waals surface area contributed by atoms with Gasteiger partial charge in [0, 0.05) is 21.1 Å². The highest BCUT2D eigenvalue weighted by Gasteiger charge is 2.32. The fourth-order valence-corrected chi connectivity index (χ4v) is 4.00. The maximum atomic E-state index is 12.2. The molecule has 0 fully saturated rings. The summed E-state index contributed by atoms with van der Waals surface area (Å²) in [6, 6.07) is 21.4. The molecule has 0 saturated heterocycles. The van der Waals surface area contributed by atoms with Crippen LogP contribution in [0.1, 0.15) is 17.0 Å². The maximum absolute atomic E-state index is 12.2. The van der Waals surface area contributed by atoms with Gasteiger partial charge < -0.3 is 19.9 Å². The molecule has 6 nitrogen and oxygen atoms in total. The molecule has 1 aliphatic rings. The zero-order valence-corrected chi connectivity index (χ0v) is 18.9. The highest BCUT2D eigenvalue weighted by atomic mass is 79.9. The van der Waals surface area contributed by atoms with E-state index in [1.165, 1.54) is 0 Å². The molecule has 0 saturated carbocycles. The van der Waals surface area contributed by atoms with Crippen molar-refractivity contribution < 1.29 is 19.0 Å². The van der Waals surface area contributed by atoms with E-state index in [0.717, 1.165) is 15.6 Å². The zero-order chi connectivity index (χ0) is 22.7. The first-order valence-electron chi connectivity index (χ1n) is 9.51. The molecule has 1 atom stereocenters. The molecule has 3 aromatic carbocycles. The van der Waals surface area contributed by atoms with E-state index in [1.807, 2.05) is 24.3 Å². The van der Waals surface area contributed by atoms with Crippen LogP contribution in [0.4, 0.5) is 0 Å². The van der Waals surface area contributed by atoms with Gasteiger partial charge in [0.25, 0.3) is 0 Å². The molecule has 0 aromatic heterocycles. The third-order valence-electron chi connectivity index (χ3n) is 4.81. The van der Waals surface area contributed by atoms with Crippen LogP contribution >= 0.6 is 27.5 Å². The molecule has 1 unspecified atom stereocenters. The van der Waals surface area contributed by atoms with Crippen LogP contribution in [-0.4, -0.2) is 12.6 Å². The van der Waals surface area contributed by atoms with Crippen molar-refractivity contribution in [2.24, 2.45) is 5.73 Å². The van der Waals surface area contributed by atoms with Crippen molar-refractivity contribution >= 4 is 33.5 Å². The second kappa shape index (κ2) is 9.35. The number of ether oxygens (including phenoxy) is 3. The Morgan fingerprint density at radius 2 is 1.81 bits per heavy atom. The summed E-state index contributed by atoms with van der Waals surface area (Å²) in [6.07, 6.45) is 0. The predicted octanol–water partition coefficient (Wildman–Crippen LogP) is 5.31. The van der Waals surface area contributed by atoms with Crippen molar-refractivity contribution in [3.63, 3.8) is 0 Å². The summed E-state index contributed by atoms with van der Waals surface area (Å²) < 4.78 is 17.3. The van der Waals surface area contributed by atoms with Crippen molar-refractivity contribution in [1.82, 2.24) is 0 Å². The fraction of sp³-hybridized carbons (Fsp3) is 0.0833. The largest absolute Gasteiger partial charge is 0.482 e. The molecule has 0 amide bonds. The van der Waals surface area contributed by atoms with Gasteiger partial charge in [0.05, 0.1) is 5.92 Å². The third kappa shape index (κ3) is 4.57. The normalized spacial score (nSPS) is 14.7. The zero-order valence-electron chi connectivity index (χ0n) is 16.5. The summed E-state index contributed by atoms with van der Waals surface area (Å²) >= 11 is 9.38. The van der Waals surface area contributed by atoms with Crippen LogP contribution in [0.5, 0.6) is 17.2 Å². The van der Waals surface area contributed by atoms with Crippen molar-refractivity contribution in [2.75, 3.05) is 6.61 Å². The van der Waals surface area contributed by atoms with E-state index < -0.39 is 11.9 Å². The number of nitriles is 1. The monoisotopic (exact) mass is 510 g/mol. The second-order valence-electron chi connectivity index (χ2n) is 6.86. The molecule has 0 bridgehead atoms. The number of allylic oxidation sites excluding steroid dienone is 1. The van der Waals surface area contributed by atoms with Gasteiger partial charge in [0.2, 0.25) is 5.88 Å². The van der Waals surface area contributed by atoms with Crippen LogP contribution < -0.4 is 19.9 Å². The summed E-state index contributed by atoms with van der Waals surface area (Å²) in [5, 5.41) is 10.2. The molecular formula is C24H16BrClN2O4. The van der Waals surface area contributed by atoms with Gasteiger partial charge in [-0.05, 0) is 42.0 Å². The minimum absolute atomic E-state index is 0.00954. The van der Waals surface area contributed by atoms with Crippen LogP contribution in [0, 0.1) is 11.3 Å². The first-order chi connectivity index (χ1) is 15.5. The van der Waals surface area contributed by atoms with Gasteiger partial charge in [-0.1, -0.05) is 51.8 Å². The average Bonchev–Trinajstić information content (AvgIpc) is 2.78. The summed E-state index contributed by atoms with van der Waals surface area (Å²) in [5.41, 5.74) is 7.96. The lowest BCUT2D eigenvalue weighted by atomic mass is 9.83. The van der Waals surface area contributed by atoms with Gasteiger partial charge in [-0.2, -0.15) is 5.26 Å². The molecule has 0 radical (unpaired) electrons. The Kier molecular flexibility index (Phi) is 6.35. The lowest BCUT2D eigenvalue weighted by molar-refractivity contribution is -0.136. The number of halogens is 2. The van der Waals surface area contributed by atoms with E-state index in [9.17, 15) is 10.1 Å². The summed E-state index contributed by atoms with van der Waals surface area (Å²) in [7, 11) is 0. The lowest BCUT2D eigenvalue weighted by Crippen LogP contribution is -2.22. The summed E-state index contributed by atoms with van der Waals surface area (Å²) in [5.74, 6) is 0.184. The molecule has 3 aromatic rings. The number of fused-ring (bicyclic) bond motifs is 1. The van der Waals surface area contributed by atoms with Gasteiger partial charge in [-0.3, -0.25) is 0 Å². The van der Waals surface area contributed by atoms with Crippen LogP contribution in [0.2, 0.25) is 5.02 Å². The standard InChI is InChI=1S/C24H16BrClN2O4/c25-20-4-2-1-3-17(20)23-18-10-9-16(11-21(18)32-24(28)19(23)12-27)31-22(29)13-30-15-7-5-14(26)6-8-15/h1-11,23H,13,28H2. The van der Waals surface area contributed by atoms with E-state index in [0.29, 0.717) is 22.1 Å². The van der Waals surface area contributed by atoms with Gasteiger partial charge in [-0.25, -0.2) is 4.79 Å². The van der Waals surface area contributed by atoms with Crippen LogP contribution in [0.15, 0.2) is 82.7 Å². The Balaban J connectivity index is 1.55. The van der Waals surface area contributed by atoms with E-state index >= 15 is 0 Å². The third-order valence-corrected chi connectivity index (χ3v) is 5.78. The Morgan fingerprint density at radius 3 is 2.53 bits per heavy atom. The first-order valence-corrected chi connectivity index (χ1v) is 10.7. The molecule has 32 heavy (non-hydrogen) atoms. The molecule has 2 N–H and O–H groups in total. The highest BCUT2D eigenvalue weighted by molar-refractivity contribution is 9.10. The number of carbonyl (C=O) groups excluding carboxylic acids is 1. The van der Waals surface area contributed by atoms with Gasteiger partial charge in [0.1, 0.15) is 28.9 Å². The van der Waals surface area contributed by atoms with Crippen LogP contribution in [-0.2, 0) is 4.79 Å².